The van der Waals surface area contributed by atoms with Crippen LogP contribution < -0.4 is 10.2 Å². The van der Waals surface area contributed by atoms with Crippen LogP contribution in [0.1, 0.15) is 45.6 Å². The highest BCUT2D eigenvalue weighted by molar-refractivity contribution is 5.67. The van der Waals surface area contributed by atoms with Crippen molar-refractivity contribution in [2.24, 2.45) is 5.92 Å². The van der Waals surface area contributed by atoms with Gasteiger partial charge < -0.3 is 15.3 Å². The van der Waals surface area contributed by atoms with Crippen LogP contribution in [0.4, 0.5) is 17.6 Å². The highest BCUT2D eigenvalue weighted by Gasteiger charge is 2.20. The van der Waals surface area contributed by atoms with E-state index in [9.17, 15) is 5.11 Å². The summed E-state index contributed by atoms with van der Waals surface area (Å²) < 4.78 is 1.78. The fourth-order valence-electron chi connectivity index (χ4n) is 4.00. The van der Waals surface area contributed by atoms with Crippen molar-refractivity contribution in [3.8, 4) is 11.3 Å². The molecule has 0 aliphatic rings. The molecule has 178 valence electrons. The monoisotopic (exact) mass is 459 g/mol. The molecular formula is C26H33N7O. The predicted molar refractivity (Wildman–Crippen MR) is 137 cm³/mol. The number of aliphatic hydroxyl groups is 1. The van der Waals surface area contributed by atoms with Crippen LogP contribution in [0.2, 0.25) is 0 Å². The molecule has 8 heteroatoms. The van der Waals surface area contributed by atoms with Crippen LogP contribution in [0, 0.1) is 5.92 Å². The van der Waals surface area contributed by atoms with E-state index in [1.165, 1.54) is 0 Å². The molecule has 0 saturated heterocycles. The van der Waals surface area contributed by atoms with Crippen molar-refractivity contribution in [3.63, 3.8) is 0 Å². The van der Waals surface area contributed by atoms with Crippen LogP contribution in [0.5, 0.6) is 0 Å². The summed E-state index contributed by atoms with van der Waals surface area (Å²) >= 11 is 0. The van der Waals surface area contributed by atoms with Crippen LogP contribution in [0.3, 0.4) is 0 Å². The van der Waals surface area contributed by atoms with Gasteiger partial charge in [0.2, 0.25) is 11.9 Å². The third-order valence-corrected chi connectivity index (χ3v) is 5.83. The van der Waals surface area contributed by atoms with Crippen molar-refractivity contribution < 1.29 is 5.11 Å². The van der Waals surface area contributed by atoms with Gasteiger partial charge in [0.15, 0.2) is 5.65 Å². The minimum absolute atomic E-state index is 0.0170. The number of pyridine rings is 1. The minimum atomic E-state index is -0.122. The lowest BCUT2D eigenvalue weighted by atomic mass is 10.0. The molecule has 34 heavy (non-hydrogen) atoms. The Morgan fingerprint density at radius 3 is 2.41 bits per heavy atom. The van der Waals surface area contributed by atoms with Gasteiger partial charge in [-0.3, -0.25) is 4.98 Å². The average molecular weight is 460 g/mol. The first kappa shape index (κ1) is 23.6. The summed E-state index contributed by atoms with van der Waals surface area (Å²) in [4.78, 5) is 16.0. The molecule has 2 N–H and O–H groups in total. The summed E-state index contributed by atoms with van der Waals surface area (Å²) in [7, 11) is 1.97. The van der Waals surface area contributed by atoms with Gasteiger partial charge in [-0.1, -0.05) is 45.9 Å². The van der Waals surface area contributed by atoms with E-state index in [0.717, 1.165) is 34.6 Å². The quantitative estimate of drug-likeness (QED) is 0.368. The second kappa shape index (κ2) is 10.2. The minimum Gasteiger partial charge on any atom is -0.394 e. The van der Waals surface area contributed by atoms with Crippen molar-refractivity contribution in [2.45, 2.75) is 46.1 Å². The molecule has 4 rings (SSSR count). The zero-order valence-corrected chi connectivity index (χ0v) is 20.5. The smallest absolute Gasteiger partial charge is 0.236 e. The topological polar surface area (TPSA) is 91.5 Å². The number of hydrogen-bond acceptors (Lipinski definition) is 7. The van der Waals surface area contributed by atoms with Gasteiger partial charge in [-0.05, 0) is 42.5 Å². The summed E-state index contributed by atoms with van der Waals surface area (Å²) in [6.45, 7) is 8.54. The normalized spacial score (nSPS) is 12.5. The molecule has 0 amide bonds. The van der Waals surface area contributed by atoms with Crippen LogP contribution in [0.15, 0.2) is 54.9 Å². The molecule has 1 unspecified atom stereocenters. The second-order valence-electron chi connectivity index (χ2n) is 9.31. The second-order valence-corrected chi connectivity index (χ2v) is 9.31. The van der Waals surface area contributed by atoms with Crippen molar-refractivity contribution in [2.75, 3.05) is 23.9 Å². The van der Waals surface area contributed by atoms with Crippen LogP contribution in [0.25, 0.3) is 16.9 Å². The average Bonchev–Trinajstić information content (AvgIpc) is 3.27. The van der Waals surface area contributed by atoms with Gasteiger partial charge in [-0.2, -0.15) is 19.6 Å². The van der Waals surface area contributed by atoms with Crippen molar-refractivity contribution in [3.05, 3.63) is 60.4 Å². The number of anilines is 3. The molecule has 8 nitrogen and oxygen atoms in total. The lowest BCUT2D eigenvalue weighted by Gasteiger charge is -2.22. The molecule has 0 radical (unpaired) electrons. The number of aromatic nitrogens is 5. The number of nitrogens with one attached hydrogen (secondary N) is 1. The highest BCUT2D eigenvalue weighted by atomic mass is 16.3. The molecule has 1 atom stereocenters. The van der Waals surface area contributed by atoms with Crippen molar-refractivity contribution >= 4 is 23.2 Å². The predicted octanol–water partition coefficient (Wildman–Crippen LogP) is 4.90. The van der Waals surface area contributed by atoms with Gasteiger partial charge in [0.05, 0.1) is 24.5 Å². The third kappa shape index (κ3) is 5.02. The molecule has 4 aromatic rings. The number of nitrogens with zero attached hydrogens (tertiary/aromatic N) is 6. The van der Waals surface area contributed by atoms with E-state index in [2.05, 4.69) is 55.2 Å². The van der Waals surface area contributed by atoms with Gasteiger partial charge >= 0.3 is 0 Å². The molecule has 0 spiro atoms. The largest absolute Gasteiger partial charge is 0.394 e. The van der Waals surface area contributed by atoms with Gasteiger partial charge in [-0.25, -0.2) is 0 Å². The lowest BCUT2D eigenvalue weighted by Crippen LogP contribution is -2.27. The van der Waals surface area contributed by atoms with Gasteiger partial charge in [0, 0.05) is 30.1 Å². The summed E-state index contributed by atoms with van der Waals surface area (Å²) in [5.41, 5.74) is 4.76. The number of aliphatic hydroxyl groups excluding tert-OH is 1. The molecule has 0 aliphatic heterocycles. The van der Waals surface area contributed by atoms with Crippen LogP contribution in [-0.4, -0.2) is 49.4 Å². The van der Waals surface area contributed by atoms with E-state index in [0.29, 0.717) is 17.8 Å². The first-order chi connectivity index (χ1) is 16.4. The fraction of sp³-hybridized carbons (Fsp3) is 0.385. The number of fused-ring (bicyclic) bond motifs is 1. The SMILES string of the molecule is CC(C)CC(CO)Nc1nc(N(C)c2ccc(-c3ccccn3)cc2)n2ncc(C(C)C)c2n1. The van der Waals surface area contributed by atoms with Crippen LogP contribution >= 0.6 is 0 Å². The van der Waals surface area contributed by atoms with Gasteiger partial charge in [0.1, 0.15) is 0 Å². The van der Waals surface area contributed by atoms with E-state index >= 15 is 0 Å². The zero-order valence-electron chi connectivity index (χ0n) is 20.5. The summed E-state index contributed by atoms with van der Waals surface area (Å²) in [5.74, 6) is 1.84. The maximum absolute atomic E-state index is 9.88. The molecule has 0 aliphatic carbocycles. The highest BCUT2D eigenvalue weighted by Crippen LogP contribution is 2.29. The van der Waals surface area contributed by atoms with E-state index in [4.69, 9.17) is 9.97 Å². The van der Waals surface area contributed by atoms with E-state index in [-0.39, 0.29) is 18.6 Å². The Balaban J connectivity index is 1.72. The molecule has 0 fully saturated rings. The number of benzene rings is 1. The Kier molecular flexibility index (Phi) is 7.07. The molecule has 1 aromatic carbocycles. The molecular weight excluding hydrogens is 426 g/mol. The first-order valence-corrected chi connectivity index (χ1v) is 11.8. The van der Waals surface area contributed by atoms with E-state index in [1.54, 1.807) is 10.7 Å². The maximum atomic E-state index is 9.88. The zero-order chi connectivity index (χ0) is 24.2. The number of hydrogen-bond donors (Lipinski definition) is 2. The molecule has 3 aromatic heterocycles. The third-order valence-electron chi connectivity index (χ3n) is 5.83. The molecule has 0 bridgehead atoms. The summed E-state index contributed by atoms with van der Waals surface area (Å²) in [6.07, 6.45) is 4.48. The number of rotatable bonds is 9. The first-order valence-electron chi connectivity index (χ1n) is 11.8. The Morgan fingerprint density at radius 2 is 1.79 bits per heavy atom. The summed E-state index contributed by atoms with van der Waals surface area (Å²) in [5, 5.41) is 17.8. The summed E-state index contributed by atoms with van der Waals surface area (Å²) in [6, 6.07) is 14.0. The van der Waals surface area contributed by atoms with Gasteiger partial charge in [-0.15, -0.1) is 0 Å². The Bertz CT molecular complexity index is 1220. The molecule has 3 heterocycles. The van der Waals surface area contributed by atoms with Gasteiger partial charge in [0.25, 0.3) is 0 Å². The Labute approximate surface area is 200 Å². The Hall–Kier alpha value is -3.52. The van der Waals surface area contributed by atoms with Crippen molar-refractivity contribution in [1.82, 2.24) is 24.6 Å². The lowest BCUT2D eigenvalue weighted by molar-refractivity contribution is 0.259. The Morgan fingerprint density at radius 1 is 1.03 bits per heavy atom. The van der Waals surface area contributed by atoms with Crippen LogP contribution in [-0.2, 0) is 0 Å². The molecule has 0 saturated carbocycles. The van der Waals surface area contributed by atoms with Crippen molar-refractivity contribution in [1.29, 1.82) is 0 Å². The van der Waals surface area contributed by atoms with E-state index < -0.39 is 0 Å². The fourth-order valence-corrected chi connectivity index (χ4v) is 4.00. The van der Waals surface area contributed by atoms with E-state index in [1.807, 2.05) is 48.5 Å². The standard InChI is InChI=1S/C26H33N7O/c1-17(2)14-20(16-34)29-25-30-24-22(18(3)4)15-28-33(24)26(31-25)32(5)21-11-9-19(10-12-21)23-8-6-7-13-27-23/h6-13,15,17-18,20,34H,14,16H2,1-5H3,(H,29,30). The maximum Gasteiger partial charge on any atom is 0.236 e.